The van der Waals surface area contributed by atoms with Gasteiger partial charge in [-0.2, -0.15) is 0 Å². The Bertz CT molecular complexity index is 764. The lowest BCUT2D eigenvalue weighted by Gasteiger charge is -2.09. The lowest BCUT2D eigenvalue weighted by molar-refractivity contribution is 0.586. The van der Waals surface area contributed by atoms with Crippen molar-refractivity contribution in [3.05, 3.63) is 70.6 Å². The fraction of sp³-hybridized carbons (Fsp3) is 0.125. The van der Waals surface area contributed by atoms with Crippen LogP contribution in [-0.2, 0) is 13.1 Å². The first-order valence-electron chi connectivity index (χ1n) is 6.40. The van der Waals surface area contributed by atoms with E-state index >= 15 is 0 Å². The zero-order valence-electron chi connectivity index (χ0n) is 10.8. The van der Waals surface area contributed by atoms with Crippen LogP contribution in [0.4, 0.5) is 4.39 Å². The lowest BCUT2D eigenvalue weighted by Crippen LogP contribution is -2.06. The Morgan fingerprint density at radius 2 is 1.80 bits per heavy atom. The first-order valence-corrected chi connectivity index (χ1v) is 6.78. The highest BCUT2D eigenvalue weighted by Gasteiger charge is 2.10. The summed E-state index contributed by atoms with van der Waals surface area (Å²) in [6, 6.07) is 13.1. The van der Waals surface area contributed by atoms with E-state index in [0.717, 1.165) is 10.9 Å². The van der Waals surface area contributed by atoms with Gasteiger partial charge in [-0.1, -0.05) is 48.0 Å². The molecule has 2 nitrogen and oxygen atoms in total. The Kier molecular flexibility index (Phi) is 3.47. The molecule has 0 saturated carbocycles. The van der Waals surface area contributed by atoms with Crippen molar-refractivity contribution in [2.24, 2.45) is 5.73 Å². The van der Waals surface area contributed by atoms with Gasteiger partial charge in [0.25, 0.3) is 0 Å². The maximum absolute atomic E-state index is 14.2. The Morgan fingerprint density at radius 1 is 1.05 bits per heavy atom. The minimum Gasteiger partial charge on any atom is -0.341 e. The highest BCUT2D eigenvalue weighted by Crippen LogP contribution is 2.26. The van der Waals surface area contributed by atoms with Gasteiger partial charge in [0.2, 0.25) is 0 Å². The Labute approximate surface area is 121 Å². The Morgan fingerprint density at radius 3 is 2.60 bits per heavy atom. The van der Waals surface area contributed by atoms with E-state index in [2.05, 4.69) is 0 Å². The van der Waals surface area contributed by atoms with E-state index in [1.807, 2.05) is 41.1 Å². The number of benzene rings is 2. The SMILES string of the molecule is NCc1cccc(Cn2cc(Cl)c3ccccc32)c1F. The van der Waals surface area contributed by atoms with Crippen LogP contribution in [0.3, 0.4) is 0 Å². The summed E-state index contributed by atoms with van der Waals surface area (Å²) < 4.78 is 16.2. The third-order valence-electron chi connectivity index (χ3n) is 3.46. The molecule has 0 aliphatic heterocycles. The van der Waals surface area contributed by atoms with E-state index in [-0.39, 0.29) is 12.4 Å². The third-order valence-corrected chi connectivity index (χ3v) is 3.76. The van der Waals surface area contributed by atoms with E-state index in [9.17, 15) is 4.39 Å². The van der Waals surface area contributed by atoms with Crippen LogP contribution in [0.15, 0.2) is 48.7 Å². The number of para-hydroxylation sites is 1. The van der Waals surface area contributed by atoms with Gasteiger partial charge in [-0.3, -0.25) is 0 Å². The molecule has 2 aromatic carbocycles. The maximum Gasteiger partial charge on any atom is 0.132 e. The summed E-state index contributed by atoms with van der Waals surface area (Å²) >= 11 is 6.21. The number of fused-ring (bicyclic) bond motifs is 1. The highest BCUT2D eigenvalue weighted by molar-refractivity contribution is 6.35. The van der Waals surface area contributed by atoms with Crippen LogP contribution in [-0.4, -0.2) is 4.57 Å². The van der Waals surface area contributed by atoms with E-state index in [1.54, 1.807) is 12.1 Å². The normalized spacial score (nSPS) is 11.2. The van der Waals surface area contributed by atoms with Gasteiger partial charge in [-0.15, -0.1) is 0 Å². The number of hydrogen-bond acceptors (Lipinski definition) is 1. The van der Waals surface area contributed by atoms with Crippen LogP contribution in [0, 0.1) is 5.82 Å². The quantitative estimate of drug-likeness (QED) is 0.777. The summed E-state index contributed by atoms with van der Waals surface area (Å²) in [5.74, 6) is -0.232. The van der Waals surface area contributed by atoms with Gasteiger partial charge >= 0.3 is 0 Å². The molecule has 0 saturated heterocycles. The molecule has 3 rings (SSSR count). The van der Waals surface area contributed by atoms with Gasteiger partial charge in [0.1, 0.15) is 5.82 Å². The molecule has 3 aromatic rings. The number of nitrogens with two attached hydrogens (primary N) is 1. The zero-order valence-corrected chi connectivity index (χ0v) is 11.6. The van der Waals surface area contributed by atoms with E-state index in [4.69, 9.17) is 17.3 Å². The van der Waals surface area contributed by atoms with Gasteiger partial charge in [-0.05, 0) is 6.07 Å². The molecule has 20 heavy (non-hydrogen) atoms. The monoisotopic (exact) mass is 288 g/mol. The maximum atomic E-state index is 14.2. The Balaban J connectivity index is 2.06. The number of rotatable bonds is 3. The molecule has 102 valence electrons. The molecule has 1 aromatic heterocycles. The van der Waals surface area contributed by atoms with Gasteiger partial charge in [0.15, 0.2) is 0 Å². The summed E-state index contributed by atoms with van der Waals surface area (Å²) in [6.45, 7) is 0.639. The molecule has 0 radical (unpaired) electrons. The molecular weight excluding hydrogens is 275 g/mol. The van der Waals surface area contributed by atoms with Gasteiger partial charge in [0, 0.05) is 34.8 Å². The number of halogens is 2. The molecule has 0 fully saturated rings. The summed E-state index contributed by atoms with van der Waals surface area (Å²) in [7, 11) is 0. The standard InChI is InChI=1S/C16H14ClFN2/c17-14-10-20(15-7-2-1-6-13(14)15)9-12-5-3-4-11(8-19)16(12)18/h1-7,10H,8-9,19H2. The van der Waals surface area contributed by atoms with Crippen LogP contribution < -0.4 is 5.73 Å². The van der Waals surface area contributed by atoms with E-state index < -0.39 is 0 Å². The Hall–Kier alpha value is -1.84. The predicted molar refractivity (Wildman–Crippen MR) is 80.3 cm³/mol. The van der Waals surface area contributed by atoms with Crippen molar-refractivity contribution in [3.63, 3.8) is 0 Å². The minimum atomic E-state index is -0.232. The van der Waals surface area contributed by atoms with Crippen molar-refractivity contribution in [1.29, 1.82) is 0 Å². The van der Waals surface area contributed by atoms with E-state index in [1.165, 1.54) is 0 Å². The van der Waals surface area contributed by atoms with Crippen LogP contribution in [0.2, 0.25) is 5.02 Å². The molecule has 2 N–H and O–H groups in total. The van der Waals surface area contributed by atoms with Gasteiger partial charge in [-0.25, -0.2) is 4.39 Å². The molecule has 1 heterocycles. The van der Waals surface area contributed by atoms with Crippen LogP contribution >= 0.6 is 11.6 Å². The highest BCUT2D eigenvalue weighted by atomic mass is 35.5. The average molecular weight is 289 g/mol. The first-order chi connectivity index (χ1) is 9.70. The fourth-order valence-corrected chi connectivity index (χ4v) is 2.71. The predicted octanol–water partition coefficient (Wildman–Crippen LogP) is 3.94. The molecule has 0 spiro atoms. The summed E-state index contributed by atoms with van der Waals surface area (Å²) in [5.41, 5.74) is 7.68. The van der Waals surface area contributed by atoms with Crippen molar-refractivity contribution < 1.29 is 4.39 Å². The smallest absolute Gasteiger partial charge is 0.132 e. The number of nitrogens with zero attached hydrogens (tertiary/aromatic N) is 1. The van der Waals surface area contributed by atoms with Crippen molar-refractivity contribution in [2.75, 3.05) is 0 Å². The molecule has 0 bridgehead atoms. The molecule has 0 amide bonds. The van der Waals surface area contributed by atoms with Gasteiger partial charge in [0.05, 0.1) is 11.6 Å². The first kappa shape index (κ1) is 13.2. The number of hydrogen-bond donors (Lipinski definition) is 1. The lowest BCUT2D eigenvalue weighted by atomic mass is 10.1. The second kappa shape index (κ2) is 5.27. The molecule has 4 heteroatoms. The molecule has 0 aliphatic carbocycles. The second-order valence-electron chi connectivity index (χ2n) is 4.72. The van der Waals surface area contributed by atoms with Crippen LogP contribution in [0.1, 0.15) is 11.1 Å². The molecule has 0 aliphatic rings. The molecular formula is C16H14ClFN2. The third kappa shape index (κ3) is 2.19. The van der Waals surface area contributed by atoms with Crippen LogP contribution in [0.5, 0.6) is 0 Å². The van der Waals surface area contributed by atoms with Crippen LogP contribution in [0.25, 0.3) is 10.9 Å². The fourth-order valence-electron chi connectivity index (χ4n) is 2.43. The second-order valence-corrected chi connectivity index (χ2v) is 5.12. The zero-order chi connectivity index (χ0) is 14.1. The summed E-state index contributed by atoms with van der Waals surface area (Å²) in [4.78, 5) is 0. The average Bonchev–Trinajstić information content (AvgIpc) is 2.78. The van der Waals surface area contributed by atoms with Crippen molar-refractivity contribution in [1.82, 2.24) is 4.57 Å². The van der Waals surface area contributed by atoms with Gasteiger partial charge < -0.3 is 10.3 Å². The van der Waals surface area contributed by atoms with Crippen molar-refractivity contribution in [2.45, 2.75) is 13.1 Å². The molecule has 0 atom stereocenters. The topological polar surface area (TPSA) is 30.9 Å². The van der Waals surface area contributed by atoms with Crippen molar-refractivity contribution in [3.8, 4) is 0 Å². The summed E-state index contributed by atoms with van der Waals surface area (Å²) in [5, 5.41) is 1.65. The van der Waals surface area contributed by atoms with E-state index in [0.29, 0.717) is 22.7 Å². The largest absolute Gasteiger partial charge is 0.341 e. The summed E-state index contributed by atoms with van der Waals surface area (Å²) in [6.07, 6.45) is 1.83. The van der Waals surface area contributed by atoms with Crippen molar-refractivity contribution >= 4 is 22.5 Å². The minimum absolute atomic E-state index is 0.201. The molecule has 0 unspecified atom stereocenters. The number of aromatic nitrogens is 1.